The maximum atomic E-state index is 11.6. The molecule has 1 heterocycles. The largest absolute Gasteiger partial charge is 0.478 e. The third kappa shape index (κ3) is 3.33. The second-order valence-corrected chi connectivity index (χ2v) is 7.13. The lowest BCUT2D eigenvalue weighted by molar-refractivity contribution is 0.0695. The summed E-state index contributed by atoms with van der Waals surface area (Å²) >= 11 is 0. The van der Waals surface area contributed by atoms with Gasteiger partial charge in [-0.05, 0) is 24.5 Å². The average Bonchev–Trinajstić information content (AvgIpc) is 2.69. The topological polar surface area (TPSA) is 83.5 Å². The highest BCUT2D eigenvalue weighted by Gasteiger charge is 2.30. The van der Waals surface area contributed by atoms with Crippen LogP contribution in [-0.4, -0.2) is 37.0 Å². The van der Waals surface area contributed by atoms with Crippen LogP contribution in [0.4, 0.5) is 0 Å². The number of carbonyl (C=O) groups is 1. The molecule has 0 aromatic heterocycles. The molecule has 0 aliphatic carbocycles. The Balaban J connectivity index is 1.95. The van der Waals surface area contributed by atoms with E-state index in [4.69, 9.17) is 5.11 Å². The van der Waals surface area contributed by atoms with Crippen molar-refractivity contribution in [2.24, 2.45) is 0 Å². The fourth-order valence-corrected chi connectivity index (χ4v) is 4.14. The van der Waals surface area contributed by atoms with Gasteiger partial charge >= 0.3 is 5.97 Å². The molecule has 6 heteroatoms. The van der Waals surface area contributed by atoms with Crippen LogP contribution in [0.1, 0.15) is 28.8 Å². The van der Waals surface area contributed by atoms with Crippen LogP contribution in [0.25, 0.3) is 0 Å². The Morgan fingerprint density at radius 2 is 2.11 bits per heavy atom. The Bertz CT molecular complexity index is 568. The fraction of sp³-hybridized carbons (Fsp3) is 0.462. The first-order chi connectivity index (χ1) is 9.00. The van der Waals surface area contributed by atoms with Gasteiger partial charge in [0.1, 0.15) is 0 Å². The minimum atomic E-state index is -2.95. The summed E-state index contributed by atoms with van der Waals surface area (Å²) in [6.45, 7) is 0.755. The zero-order valence-corrected chi connectivity index (χ0v) is 11.3. The van der Waals surface area contributed by atoms with Gasteiger partial charge in [0.15, 0.2) is 9.84 Å². The smallest absolute Gasteiger partial charge is 0.336 e. The Morgan fingerprint density at radius 1 is 1.37 bits per heavy atom. The van der Waals surface area contributed by atoms with Gasteiger partial charge in [0.25, 0.3) is 0 Å². The third-order valence-electron chi connectivity index (χ3n) is 3.40. The molecule has 1 atom stereocenters. The number of rotatable bonds is 5. The molecule has 1 fully saturated rings. The van der Waals surface area contributed by atoms with Gasteiger partial charge in [-0.3, -0.25) is 0 Å². The van der Waals surface area contributed by atoms with Gasteiger partial charge < -0.3 is 10.4 Å². The highest BCUT2D eigenvalue weighted by atomic mass is 32.2. The summed E-state index contributed by atoms with van der Waals surface area (Å²) in [5, 5.41) is 11.8. The van der Waals surface area contributed by atoms with Crippen LogP contribution in [0.3, 0.4) is 0 Å². The number of carboxylic acid groups (broad SMARTS) is 1. The molecule has 0 radical (unpaired) electrons. The van der Waals surface area contributed by atoms with Gasteiger partial charge in [-0.15, -0.1) is 0 Å². The van der Waals surface area contributed by atoms with Crippen LogP contribution in [-0.2, 0) is 16.4 Å². The SMILES string of the molecule is O=C(O)c1ccccc1CNCC1CCCS1(=O)=O. The molecular weight excluding hydrogens is 266 g/mol. The summed E-state index contributed by atoms with van der Waals surface area (Å²) in [5.74, 6) is -0.698. The molecule has 1 aromatic carbocycles. The highest BCUT2D eigenvalue weighted by molar-refractivity contribution is 7.92. The minimum Gasteiger partial charge on any atom is -0.478 e. The first-order valence-electron chi connectivity index (χ1n) is 6.24. The molecule has 0 bridgehead atoms. The Morgan fingerprint density at radius 3 is 2.74 bits per heavy atom. The van der Waals surface area contributed by atoms with Crippen LogP contribution >= 0.6 is 0 Å². The second-order valence-electron chi connectivity index (χ2n) is 4.72. The lowest BCUT2D eigenvalue weighted by atomic mass is 10.1. The molecular formula is C13H17NO4S. The minimum absolute atomic E-state index is 0.254. The molecule has 104 valence electrons. The van der Waals surface area contributed by atoms with E-state index in [1.54, 1.807) is 24.3 Å². The number of benzene rings is 1. The predicted octanol–water partition coefficient (Wildman–Crippen LogP) is 1.05. The summed E-state index contributed by atoms with van der Waals surface area (Å²) in [5.41, 5.74) is 0.926. The van der Waals surface area contributed by atoms with E-state index in [0.29, 0.717) is 25.1 Å². The van der Waals surface area contributed by atoms with Crippen molar-refractivity contribution in [1.29, 1.82) is 0 Å². The molecule has 1 aromatic rings. The number of nitrogens with one attached hydrogen (secondary N) is 1. The summed E-state index contributed by atoms with van der Waals surface area (Å²) in [6, 6.07) is 6.73. The fourth-order valence-electron chi connectivity index (χ4n) is 2.34. The zero-order chi connectivity index (χ0) is 13.9. The van der Waals surface area contributed by atoms with E-state index in [1.165, 1.54) is 0 Å². The zero-order valence-electron chi connectivity index (χ0n) is 10.5. The van der Waals surface area contributed by atoms with Crippen molar-refractivity contribution in [1.82, 2.24) is 5.32 Å². The van der Waals surface area contributed by atoms with Crippen LogP contribution in [0, 0.1) is 0 Å². The highest BCUT2D eigenvalue weighted by Crippen LogP contribution is 2.19. The molecule has 2 rings (SSSR count). The molecule has 1 saturated heterocycles. The van der Waals surface area contributed by atoms with Crippen molar-refractivity contribution >= 4 is 15.8 Å². The maximum Gasteiger partial charge on any atom is 0.336 e. The maximum absolute atomic E-state index is 11.6. The van der Waals surface area contributed by atoms with Crippen LogP contribution < -0.4 is 5.32 Å². The predicted molar refractivity (Wildman–Crippen MR) is 71.9 cm³/mol. The number of carboxylic acids is 1. The van der Waals surface area contributed by atoms with Gasteiger partial charge in [-0.25, -0.2) is 13.2 Å². The molecule has 1 aliphatic heterocycles. The van der Waals surface area contributed by atoms with E-state index in [9.17, 15) is 13.2 Å². The van der Waals surface area contributed by atoms with Crippen molar-refractivity contribution in [2.75, 3.05) is 12.3 Å². The summed E-state index contributed by atoms with van der Waals surface area (Å²) in [6.07, 6.45) is 1.41. The summed E-state index contributed by atoms with van der Waals surface area (Å²) < 4.78 is 23.3. The summed E-state index contributed by atoms with van der Waals surface area (Å²) in [4.78, 5) is 11.0. The van der Waals surface area contributed by atoms with Crippen molar-refractivity contribution in [3.05, 3.63) is 35.4 Å². The van der Waals surface area contributed by atoms with Gasteiger partial charge in [-0.1, -0.05) is 18.2 Å². The van der Waals surface area contributed by atoms with E-state index in [1.807, 2.05) is 0 Å². The lowest BCUT2D eigenvalue weighted by Gasteiger charge is -2.12. The molecule has 1 aliphatic rings. The van der Waals surface area contributed by atoms with Gasteiger partial charge in [0.2, 0.25) is 0 Å². The van der Waals surface area contributed by atoms with E-state index < -0.39 is 15.8 Å². The van der Waals surface area contributed by atoms with Crippen molar-refractivity contribution in [3.63, 3.8) is 0 Å². The van der Waals surface area contributed by atoms with Crippen LogP contribution in [0.15, 0.2) is 24.3 Å². The standard InChI is InChI=1S/C13H17NO4S/c15-13(16)12-6-2-1-4-10(12)8-14-9-11-5-3-7-19(11,17)18/h1-2,4,6,11,14H,3,5,7-9H2,(H,15,16). The van der Waals surface area contributed by atoms with Crippen molar-refractivity contribution < 1.29 is 18.3 Å². The Hall–Kier alpha value is -1.40. The molecule has 19 heavy (non-hydrogen) atoms. The van der Waals surface area contributed by atoms with E-state index in [-0.39, 0.29) is 16.6 Å². The van der Waals surface area contributed by atoms with Crippen molar-refractivity contribution in [2.45, 2.75) is 24.6 Å². The number of hydrogen-bond acceptors (Lipinski definition) is 4. The number of hydrogen-bond donors (Lipinski definition) is 2. The van der Waals surface area contributed by atoms with E-state index >= 15 is 0 Å². The van der Waals surface area contributed by atoms with E-state index in [2.05, 4.69) is 5.32 Å². The van der Waals surface area contributed by atoms with Gasteiger partial charge in [0, 0.05) is 13.1 Å². The van der Waals surface area contributed by atoms with Gasteiger partial charge in [0.05, 0.1) is 16.6 Å². The monoisotopic (exact) mass is 283 g/mol. The molecule has 2 N–H and O–H groups in total. The average molecular weight is 283 g/mol. The first kappa shape index (κ1) is 14.0. The van der Waals surface area contributed by atoms with E-state index in [0.717, 1.165) is 6.42 Å². The molecule has 0 saturated carbocycles. The van der Waals surface area contributed by atoms with Crippen LogP contribution in [0.5, 0.6) is 0 Å². The van der Waals surface area contributed by atoms with Crippen LogP contribution in [0.2, 0.25) is 0 Å². The Kier molecular flexibility index (Phi) is 4.21. The molecule has 0 amide bonds. The van der Waals surface area contributed by atoms with Crippen molar-refractivity contribution in [3.8, 4) is 0 Å². The molecule has 1 unspecified atom stereocenters. The molecule has 0 spiro atoms. The quantitative estimate of drug-likeness (QED) is 0.844. The lowest BCUT2D eigenvalue weighted by Crippen LogP contribution is -2.30. The number of sulfone groups is 1. The number of aromatic carboxylic acids is 1. The summed E-state index contributed by atoms with van der Waals surface area (Å²) in [7, 11) is -2.95. The first-order valence-corrected chi connectivity index (χ1v) is 7.96. The normalized spacial score (nSPS) is 21.4. The second kappa shape index (κ2) is 5.71. The Labute approximate surface area is 112 Å². The molecule has 5 nitrogen and oxygen atoms in total. The third-order valence-corrected chi connectivity index (χ3v) is 5.67. The van der Waals surface area contributed by atoms with Gasteiger partial charge in [-0.2, -0.15) is 0 Å².